The Bertz CT molecular complexity index is 924. The summed E-state index contributed by atoms with van der Waals surface area (Å²) in [5.74, 6) is -0.0512. The van der Waals surface area contributed by atoms with Crippen molar-refractivity contribution in [2.75, 3.05) is 22.0 Å². The molecule has 0 fully saturated rings. The van der Waals surface area contributed by atoms with Crippen molar-refractivity contribution in [3.8, 4) is 0 Å². The molecule has 0 spiro atoms. The molecule has 0 aromatic heterocycles. The van der Waals surface area contributed by atoms with Crippen LogP contribution in [0.1, 0.15) is 24.5 Å². The number of sulfonamides is 1. The molecule has 2 aromatic carbocycles. The molecule has 1 atom stereocenters. The van der Waals surface area contributed by atoms with Gasteiger partial charge in [-0.3, -0.25) is 9.10 Å². The molecular weight excluding hydrogens is 348 g/mol. The van der Waals surface area contributed by atoms with Gasteiger partial charge in [-0.15, -0.1) is 0 Å². The van der Waals surface area contributed by atoms with Crippen LogP contribution < -0.4 is 9.21 Å². The third-order valence-corrected chi connectivity index (χ3v) is 5.97. The van der Waals surface area contributed by atoms with E-state index in [1.807, 2.05) is 50.2 Å². The highest BCUT2D eigenvalue weighted by atomic mass is 32.2. The van der Waals surface area contributed by atoms with Crippen molar-refractivity contribution in [2.24, 2.45) is 0 Å². The second-order valence-corrected chi connectivity index (χ2v) is 8.72. The van der Waals surface area contributed by atoms with Crippen LogP contribution in [0.5, 0.6) is 0 Å². The highest BCUT2D eigenvalue weighted by Gasteiger charge is 2.31. The molecule has 138 valence electrons. The van der Waals surface area contributed by atoms with E-state index in [4.69, 9.17) is 0 Å². The van der Waals surface area contributed by atoms with Gasteiger partial charge in [-0.2, -0.15) is 0 Å². The minimum absolute atomic E-state index is 0.0512. The van der Waals surface area contributed by atoms with Gasteiger partial charge in [0, 0.05) is 24.7 Å². The molecule has 0 aliphatic carbocycles. The number of hydrogen-bond donors (Lipinski definition) is 0. The molecule has 26 heavy (non-hydrogen) atoms. The van der Waals surface area contributed by atoms with Gasteiger partial charge in [0.15, 0.2) is 0 Å². The maximum Gasteiger partial charge on any atom is 0.232 e. The van der Waals surface area contributed by atoms with Crippen LogP contribution in [0.15, 0.2) is 48.5 Å². The second kappa shape index (κ2) is 7.11. The highest BCUT2D eigenvalue weighted by Crippen LogP contribution is 2.32. The van der Waals surface area contributed by atoms with E-state index >= 15 is 0 Å². The lowest BCUT2D eigenvalue weighted by molar-refractivity contribution is -0.118. The van der Waals surface area contributed by atoms with E-state index in [0.717, 1.165) is 23.2 Å². The monoisotopic (exact) mass is 372 g/mol. The number of nitrogens with zero attached hydrogens (tertiary/aromatic N) is 2. The van der Waals surface area contributed by atoms with Crippen LogP contribution in [0, 0.1) is 6.92 Å². The Morgan fingerprint density at radius 1 is 1.15 bits per heavy atom. The number of carbonyl (C=O) groups excluding carboxylic acids is 1. The van der Waals surface area contributed by atoms with Crippen LogP contribution >= 0.6 is 0 Å². The summed E-state index contributed by atoms with van der Waals surface area (Å²) in [6.45, 7) is 4.02. The molecule has 0 saturated carbocycles. The average Bonchev–Trinajstić information content (AvgIpc) is 2.91. The van der Waals surface area contributed by atoms with E-state index < -0.39 is 10.0 Å². The molecule has 0 bridgehead atoms. The predicted molar refractivity (Wildman–Crippen MR) is 105 cm³/mol. The minimum atomic E-state index is -3.47. The van der Waals surface area contributed by atoms with Crippen molar-refractivity contribution in [3.05, 3.63) is 59.7 Å². The summed E-state index contributed by atoms with van der Waals surface area (Å²) in [5.41, 5.74) is 3.59. The first-order chi connectivity index (χ1) is 12.3. The quantitative estimate of drug-likeness (QED) is 0.810. The van der Waals surface area contributed by atoms with Crippen molar-refractivity contribution in [1.82, 2.24) is 0 Å². The predicted octanol–water partition coefficient (Wildman–Crippen LogP) is 3.13. The Hall–Kier alpha value is -2.34. The molecule has 1 heterocycles. The lowest BCUT2D eigenvalue weighted by Crippen LogP contribution is -2.39. The number of benzene rings is 2. The summed E-state index contributed by atoms with van der Waals surface area (Å²) in [6, 6.07) is 15.3. The van der Waals surface area contributed by atoms with Crippen LogP contribution in [0.25, 0.3) is 0 Å². The summed E-state index contributed by atoms with van der Waals surface area (Å²) >= 11 is 0. The molecule has 2 aromatic rings. The zero-order chi connectivity index (χ0) is 18.9. The molecule has 5 nitrogen and oxygen atoms in total. The van der Waals surface area contributed by atoms with Gasteiger partial charge in [0.25, 0.3) is 0 Å². The fourth-order valence-electron chi connectivity index (χ4n) is 3.57. The van der Waals surface area contributed by atoms with Crippen molar-refractivity contribution < 1.29 is 13.2 Å². The van der Waals surface area contributed by atoms with Gasteiger partial charge in [0.2, 0.25) is 15.9 Å². The lowest BCUT2D eigenvalue weighted by Gasteiger charge is -2.27. The van der Waals surface area contributed by atoms with Gasteiger partial charge in [0.1, 0.15) is 0 Å². The molecule has 6 heteroatoms. The number of para-hydroxylation sites is 2. The zero-order valence-electron chi connectivity index (χ0n) is 15.3. The summed E-state index contributed by atoms with van der Waals surface area (Å²) in [7, 11) is -3.47. The maximum atomic E-state index is 12.9. The Kier molecular flexibility index (Phi) is 5.05. The molecule has 3 rings (SSSR count). The van der Waals surface area contributed by atoms with Crippen LogP contribution in [0.3, 0.4) is 0 Å². The smallest absolute Gasteiger partial charge is 0.232 e. The molecule has 0 saturated heterocycles. The lowest BCUT2D eigenvalue weighted by atomic mass is 10.1. The molecule has 1 unspecified atom stereocenters. The summed E-state index contributed by atoms with van der Waals surface area (Å²) in [6.07, 6.45) is 2.15. The molecule has 0 N–H and O–H groups in total. The Balaban J connectivity index is 1.80. The summed E-state index contributed by atoms with van der Waals surface area (Å²) in [5, 5.41) is 0. The third kappa shape index (κ3) is 3.60. The first-order valence-electron chi connectivity index (χ1n) is 8.72. The number of amides is 1. The molecule has 1 aliphatic heterocycles. The van der Waals surface area contributed by atoms with Crippen LogP contribution in [0.4, 0.5) is 11.4 Å². The Morgan fingerprint density at radius 2 is 1.81 bits per heavy atom. The number of fused-ring (bicyclic) bond motifs is 1. The largest absolute Gasteiger partial charge is 0.309 e. The molecule has 1 amide bonds. The van der Waals surface area contributed by atoms with Crippen molar-refractivity contribution in [3.63, 3.8) is 0 Å². The van der Waals surface area contributed by atoms with E-state index in [1.165, 1.54) is 10.6 Å². The summed E-state index contributed by atoms with van der Waals surface area (Å²) < 4.78 is 25.9. The zero-order valence-corrected chi connectivity index (χ0v) is 16.2. The van der Waals surface area contributed by atoms with E-state index in [0.29, 0.717) is 5.69 Å². The number of aryl methyl sites for hydroxylation is 1. The van der Waals surface area contributed by atoms with Gasteiger partial charge < -0.3 is 4.90 Å². The standard InChI is InChI=1S/C20H24N2O3S/c1-15-8-4-6-10-18(15)21(26(3,24)25)13-12-20(23)22-16(2)14-17-9-5-7-11-19(17)22/h4-11,16H,12-14H2,1-3H3. The number of rotatable bonds is 5. The van der Waals surface area contributed by atoms with Gasteiger partial charge in [-0.05, 0) is 43.5 Å². The molecule has 0 radical (unpaired) electrons. The minimum Gasteiger partial charge on any atom is -0.309 e. The van der Waals surface area contributed by atoms with Crippen LogP contribution in [0.2, 0.25) is 0 Å². The maximum absolute atomic E-state index is 12.9. The summed E-state index contributed by atoms with van der Waals surface area (Å²) in [4.78, 5) is 14.7. The van der Waals surface area contributed by atoms with Crippen LogP contribution in [-0.4, -0.2) is 33.2 Å². The van der Waals surface area contributed by atoms with Gasteiger partial charge in [-0.25, -0.2) is 8.42 Å². The van der Waals surface area contributed by atoms with E-state index in [1.54, 1.807) is 17.0 Å². The van der Waals surface area contributed by atoms with E-state index in [2.05, 4.69) is 0 Å². The molecule has 1 aliphatic rings. The van der Waals surface area contributed by atoms with Crippen LogP contribution in [-0.2, 0) is 21.2 Å². The van der Waals surface area contributed by atoms with Gasteiger partial charge in [-0.1, -0.05) is 36.4 Å². The number of carbonyl (C=O) groups is 1. The van der Waals surface area contributed by atoms with E-state index in [-0.39, 0.29) is 24.9 Å². The Labute approximate surface area is 155 Å². The van der Waals surface area contributed by atoms with Crippen molar-refractivity contribution in [1.29, 1.82) is 0 Å². The first kappa shape index (κ1) is 18.5. The highest BCUT2D eigenvalue weighted by molar-refractivity contribution is 7.92. The van der Waals surface area contributed by atoms with Crippen molar-refractivity contribution in [2.45, 2.75) is 32.7 Å². The van der Waals surface area contributed by atoms with Gasteiger partial charge >= 0.3 is 0 Å². The molecular formula is C20H24N2O3S. The number of hydrogen-bond acceptors (Lipinski definition) is 3. The Morgan fingerprint density at radius 3 is 2.50 bits per heavy atom. The van der Waals surface area contributed by atoms with E-state index in [9.17, 15) is 13.2 Å². The topological polar surface area (TPSA) is 57.7 Å². The normalized spacial score (nSPS) is 16.4. The third-order valence-electron chi connectivity index (χ3n) is 4.79. The second-order valence-electron chi connectivity index (χ2n) is 6.82. The van der Waals surface area contributed by atoms with Gasteiger partial charge in [0.05, 0.1) is 11.9 Å². The first-order valence-corrected chi connectivity index (χ1v) is 10.6. The fourth-order valence-corrected chi connectivity index (χ4v) is 4.56. The van der Waals surface area contributed by atoms with Crippen molar-refractivity contribution >= 4 is 27.3 Å². The number of anilines is 2. The average molecular weight is 372 g/mol. The SMILES string of the molecule is Cc1ccccc1N(CCC(=O)N1c2ccccc2CC1C)S(C)(=O)=O. The fraction of sp³-hybridized carbons (Fsp3) is 0.350.